The summed E-state index contributed by atoms with van der Waals surface area (Å²) >= 11 is 0. The van der Waals surface area contributed by atoms with Crippen molar-refractivity contribution in [1.29, 1.82) is 0 Å². The van der Waals surface area contributed by atoms with Gasteiger partial charge in [-0.2, -0.15) is 0 Å². The van der Waals surface area contributed by atoms with Crippen LogP contribution in [0.4, 0.5) is 16.2 Å². The maximum atomic E-state index is 12.9. The van der Waals surface area contributed by atoms with Crippen LogP contribution >= 0.6 is 0 Å². The first-order valence-corrected chi connectivity index (χ1v) is 11.4. The molecule has 0 aromatic heterocycles. The average Bonchev–Trinajstić information content (AvgIpc) is 3.32. The van der Waals surface area contributed by atoms with Gasteiger partial charge in [-0.05, 0) is 72.9 Å². The van der Waals surface area contributed by atoms with Crippen molar-refractivity contribution in [3.63, 3.8) is 0 Å². The molecule has 6 heteroatoms. The SMILES string of the molecule is C=C(C)c1ccc(NC(=O)N2CCC[C@@H]2CNc2ccc(-c3ccc(C(=O)O)cc3)cc2)cc1. The van der Waals surface area contributed by atoms with Crippen LogP contribution in [0.5, 0.6) is 0 Å². The molecule has 4 rings (SSSR count). The Kier molecular flexibility index (Phi) is 6.97. The lowest BCUT2D eigenvalue weighted by Gasteiger charge is -2.25. The first kappa shape index (κ1) is 23.1. The van der Waals surface area contributed by atoms with Gasteiger partial charge in [-0.1, -0.05) is 48.6 Å². The number of nitrogens with zero attached hydrogens (tertiary/aromatic N) is 1. The van der Waals surface area contributed by atoms with Gasteiger partial charge in [-0.15, -0.1) is 0 Å². The number of anilines is 2. The Hall–Kier alpha value is -4.06. The topological polar surface area (TPSA) is 81.7 Å². The van der Waals surface area contributed by atoms with Crippen molar-refractivity contribution in [2.24, 2.45) is 0 Å². The van der Waals surface area contributed by atoms with Gasteiger partial charge in [0.15, 0.2) is 0 Å². The summed E-state index contributed by atoms with van der Waals surface area (Å²) < 4.78 is 0. The van der Waals surface area contributed by atoms with Crippen LogP contribution in [0, 0.1) is 0 Å². The zero-order chi connectivity index (χ0) is 24.1. The van der Waals surface area contributed by atoms with Crippen molar-refractivity contribution in [2.45, 2.75) is 25.8 Å². The maximum Gasteiger partial charge on any atom is 0.335 e. The van der Waals surface area contributed by atoms with Crippen LogP contribution < -0.4 is 10.6 Å². The van der Waals surface area contributed by atoms with Crippen molar-refractivity contribution < 1.29 is 14.7 Å². The van der Waals surface area contributed by atoms with E-state index in [-0.39, 0.29) is 17.6 Å². The number of aromatic carboxylic acids is 1. The maximum absolute atomic E-state index is 12.9. The normalized spacial score (nSPS) is 15.1. The lowest BCUT2D eigenvalue weighted by Crippen LogP contribution is -2.42. The summed E-state index contributed by atoms with van der Waals surface area (Å²) in [7, 11) is 0. The predicted molar refractivity (Wildman–Crippen MR) is 137 cm³/mol. The highest BCUT2D eigenvalue weighted by Crippen LogP contribution is 2.24. The van der Waals surface area contributed by atoms with E-state index < -0.39 is 5.97 Å². The molecule has 0 spiro atoms. The van der Waals surface area contributed by atoms with Gasteiger partial charge in [-0.25, -0.2) is 9.59 Å². The second-order valence-corrected chi connectivity index (χ2v) is 8.62. The number of carboxylic acids is 1. The van der Waals surface area contributed by atoms with E-state index in [0.29, 0.717) is 6.54 Å². The van der Waals surface area contributed by atoms with Gasteiger partial charge in [0.2, 0.25) is 0 Å². The minimum Gasteiger partial charge on any atom is -0.478 e. The van der Waals surface area contributed by atoms with E-state index >= 15 is 0 Å². The van der Waals surface area contributed by atoms with E-state index in [9.17, 15) is 9.59 Å². The number of hydrogen-bond donors (Lipinski definition) is 3. The van der Waals surface area contributed by atoms with Gasteiger partial charge >= 0.3 is 12.0 Å². The number of likely N-dealkylation sites (tertiary alicyclic amines) is 1. The number of carbonyl (C=O) groups is 2. The van der Waals surface area contributed by atoms with Crippen LogP contribution in [0.25, 0.3) is 16.7 Å². The van der Waals surface area contributed by atoms with Crippen molar-refractivity contribution >= 4 is 28.9 Å². The summed E-state index contributed by atoms with van der Waals surface area (Å²) in [6, 6.07) is 22.6. The minimum absolute atomic E-state index is 0.0764. The van der Waals surface area contributed by atoms with Crippen molar-refractivity contribution in [3.05, 3.63) is 90.5 Å². The number of amides is 2. The highest BCUT2D eigenvalue weighted by atomic mass is 16.4. The Balaban J connectivity index is 1.33. The molecule has 3 aromatic carbocycles. The molecule has 6 nitrogen and oxygen atoms in total. The highest BCUT2D eigenvalue weighted by molar-refractivity contribution is 5.90. The monoisotopic (exact) mass is 455 g/mol. The molecule has 0 bridgehead atoms. The number of benzene rings is 3. The Morgan fingerprint density at radius 1 is 0.912 bits per heavy atom. The van der Waals surface area contributed by atoms with Crippen LogP contribution in [0.1, 0.15) is 35.7 Å². The van der Waals surface area contributed by atoms with Gasteiger partial charge in [0.1, 0.15) is 0 Å². The largest absolute Gasteiger partial charge is 0.478 e. The molecule has 174 valence electrons. The number of nitrogens with one attached hydrogen (secondary N) is 2. The number of carboxylic acid groups (broad SMARTS) is 1. The molecule has 3 aromatic rings. The minimum atomic E-state index is -0.929. The third-order valence-electron chi connectivity index (χ3n) is 6.16. The van der Waals surface area contributed by atoms with Crippen molar-refractivity contribution in [1.82, 2.24) is 4.90 Å². The second-order valence-electron chi connectivity index (χ2n) is 8.62. The first-order valence-electron chi connectivity index (χ1n) is 11.4. The third kappa shape index (κ3) is 5.46. The molecular formula is C28H29N3O3. The molecule has 1 heterocycles. The number of carbonyl (C=O) groups excluding carboxylic acids is 1. The van der Waals surface area contributed by atoms with Gasteiger partial charge in [-0.3, -0.25) is 0 Å². The van der Waals surface area contributed by atoms with E-state index in [0.717, 1.165) is 53.0 Å². The van der Waals surface area contributed by atoms with E-state index in [1.54, 1.807) is 12.1 Å². The molecular weight excluding hydrogens is 426 g/mol. The molecule has 1 aliphatic heterocycles. The smallest absolute Gasteiger partial charge is 0.335 e. The quantitative estimate of drug-likeness (QED) is 0.397. The summed E-state index contributed by atoms with van der Waals surface area (Å²) in [5.41, 5.74) is 6.07. The van der Waals surface area contributed by atoms with Crippen molar-refractivity contribution in [3.8, 4) is 11.1 Å². The first-order chi connectivity index (χ1) is 16.4. The molecule has 0 radical (unpaired) electrons. The van der Waals surface area contributed by atoms with E-state index in [1.807, 2.05) is 72.5 Å². The zero-order valence-electron chi connectivity index (χ0n) is 19.3. The molecule has 1 atom stereocenters. The fourth-order valence-electron chi connectivity index (χ4n) is 4.17. The summed E-state index contributed by atoms with van der Waals surface area (Å²) in [6.45, 7) is 7.32. The standard InChI is InChI=1S/C28H29N3O3/c1-19(2)20-9-15-25(16-10-20)30-28(34)31-17-3-4-26(31)18-29-24-13-11-22(12-14-24)21-5-7-23(8-6-21)27(32)33/h5-16,26,29H,1,3-4,17-18H2,2H3,(H,30,34)(H,32,33)/t26-/m1/s1. The number of urea groups is 1. The summed E-state index contributed by atoms with van der Waals surface area (Å²) in [5, 5.41) is 15.5. The van der Waals surface area contributed by atoms with Crippen LogP contribution in [0.2, 0.25) is 0 Å². The van der Waals surface area contributed by atoms with Gasteiger partial charge < -0.3 is 20.6 Å². The van der Waals surface area contributed by atoms with Gasteiger partial charge in [0, 0.05) is 24.5 Å². The molecule has 2 amide bonds. The Labute approximate surface area is 199 Å². The number of allylic oxidation sites excluding steroid dienone is 1. The molecule has 1 aliphatic rings. The highest BCUT2D eigenvalue weighted by Gasteiger charge is 2.28. The van der Waals surface area contributed by atoms with Crippen LogP contribution in [-0.2, 0) is 0 Å². The summed E-state index contributed by atoms with van der Waals surface area (Å²) in [5.74, 6) is -0.929. The second kappa shape index (κ2) is 10.3. The Bertz CT molecular complexity index is 1170. The molecule has 0 saturated carbocycles. The zero-order valence-corrected chi connectivity index (χ0v) is 19.3. The summed E-state index contributed by atoms with van der Waals surface area (Å²) in [4.78, 5) is 25.8. The molecule has 1 saturated heterocycles. The van der Waals surface area contributed by atoms with Gasteiger partial charge in [0.25, 0.3) is 0 Å². The molecule has 3 N–H and O–H groups in total. The Morgan fingerprint density at radius 2 is 1.47 bits per heavy atom. The third-order valence-corrected chi connectivity index (χ3v) is 6.16. The number of hydrogen-bond acceptors (Lipinski definition) is 3. The van der Waals surface area contributed by atoms with E-state index in [4.69, 9.17) is 5.11 Å². The van der Waals surface area contributed by atoms with E-state index in [1.165, 1.54) is 0 Å². The summed E-state index contributed by atoms with van der Waals surface area (Å²) in [6.07, 6.45) is 1.95. The predicted octanol–water partition coefficient (Wildman–Crippen LogP) is 6.19. The lowest BCUT2D eigenvalue weighted by molar-refractivity contribution is 0.0697. The van der Waals surface area contributed by atoms with Crippen LogP contribution in [0.15, 0.2) is 79.4 Å². The van der Waals surface area contributed by atoms with E-state index in [2.05, 4.69) is 17.2 Å². The molecule has 0 unspecified atom stereocenters. The molecule has 1 fully saturated rings. The van der Waals surface area contributed by atoms with Gasteiger partial charge in [0.05, 0.1) is 11.6 Å². The Morgan fingerprint density at radius 3 is 2.06 bits per heavy atom. The fraction of sp³-hybridized carbons (Fsp3) is 0.214. The molecule has 0 aliphatic carbocycles. The van der Waals surface area contributed by atoms with Crippen molar-refractivity contribution in [2.75, 3.05) is 23.7 Å². The number of rotatable bonds is 7. The molecule has 34 heavy (non-hydrogen) atoms. The van der Waals surface area contributed by atoms with Crippen LogP contribution in [-0.4, -0.2) is 41.1 Å². The fourth-order valence-corrected chi connectivity index (χ4v) is 4.17. The average molecular weight is 456 g/mol. The van der Waals surface area contributed by atoms with Crippen LogP contribution in [0.3, 0.4) is 0 Å². The lowest BCUT2D eigenvalue weighted by atomic mass is 10.0.